The van der Waals surface area contributed by atoms with Crippen LogP contribution in [0.1, 0.15) is 5.56 Å². The van der Waals surface area contributed by atoms with E-state index in [1.165, 1.54) is 0 Å². The van der Waals surface area contributed by atoms with Gasteiger partial charge in [-0.15, -0.1) is 0 Å². The predicted molar refractivity (Wildman–Crippen MR) is 56.5 cm³/mol. The van der Waals surface area contributed by atoms with E-state index in [0.717, 1.165) is 18.2 Å². The van der Waals surface area contributed by atoms with Crippen LogP contribution in [-0.4, -0.2) is 25.7 Å². The van der Waals surface area contributed by atoms with Gasteiger partial charge in [0, 0.05) is 0 Å². The molecule has 0 unspecified atom stereocenters. The number of rotatable bonds is 1. The van der Waals surface area contributed by atoms with Gasteiger partial charge in [0.2, 0.25) is 10.0 Å². The Morgan fingerprint density at radius 2 is 1.52 bits per heavy atom. The lowest BCUT2D eigenvalue weighted by Gasteiger charge is -2.07. The molecule has 1 aromatic carbocycles. The second-order valence-electron chi connectivity index (χ2n) is 3.37. The monoisotopic (exact) mass is 339 g/mol. The summed E-state index contributed by atoms with van der Waals surface area (Å²) in [6.45, 7) is 0. The number of nitrogens with two attached hydrogens (primary N) is 1. The highest BCUT2D eigenvalue weighted by Crippen LogP contribution is 2.30. The summed E-state index contributed by atoms with van der Waals surface area (Å²) >= 11 is 0. The Kier molecular flexibility index (Phi) is 5.76. The van der Waals surface area contributed by atoms with Crippen LogP contribution in [0.4, 0.5) is 26.3 Å². The third kappa shape index (κ3) is 6.94. The molecule has 0 spiro atoms. The van der Waals surface area contributed by atoms with Crippen LogP contribution in [-0.2, 0) is 21.0 Å². The lowest BCUT2D eigenvalue weighted by Crippen LogP contribution is -2.21. The largest absolute Gasteiger partial charge is 0.490 e. The van der Waals surface area contributed by atoms with Crippen molar-refractivity contribution in [1.29, 1.82) is 0 Å². The number of halogens is 6. The minimum absolute atomic E-state index is 0.495. The maximum absolute atomic E-state index is 12.1. The number of primary sulfonamides is 1. The minimum atomic E-state index is -5.08. The molecule has 0 saturated heterocycles. The van der Waals surface area contributed by atoms with Crippen LogP contribution in [0.2, 0.25) is 0 Å². The van der Waals surface area contributed by atoms with Gasteiger partial charge in [0.05, 0.1) is 10.5 Å². The third-order valence-corrected chi connectivity index (χ3v) is 2.64. The van der Waals surface area contributed by atoms with Crippen molar-refractivity contribution in [2.75, 3.05) is 0 Å². The van der Waals surface area contributed by atoms with Crippen LogP contribution in [0.5, 0.6) is 0 Å². The van der Waals surface area contributed by atoms with Gasteiger partial charge >= 0.3 is 18.3 Å². The molecule has 0 aliphatic rings. The predicted octanol–water partition coefficient (Wildman–Crippen LogP) is 1.99. The van der Waals surface area contributed by atoms with E-state index in [9.17, 15) is 34.8 Å². The van der Waals surface area contributed by atoms with Gasteiger partial charge in [-0.1, -0.05) is 6.07 Å². The molecule has 0 radical (unpaired) electrons. The maximum atomic E-state index is 12.1. The number of carbonyl (C=O) groups is 1. The second kappa shape index (κ2) is 6.30. The van der Waals surface area contributed by atoms with E-state index in [0.29, 0.717) is 6.07 Å². The zero-order chi connectivity index (χ0) is 17.1. The average molecular weight is 339 g/mol. The zero-order valence-electron chi connectivity index (χ0n) is 9.73. The Labute approximate surface area is 114 Å². The average Bonchev–Trinajstić information content (AvgIpc) is 2.26. The SMILES string of the molecule is NS(=O)(=O)c1cccc(C(F)(F)F)c1.O=C(O)C(F)(F)F. The summed E-state index contributed by atoms with van der Waals surface area (Å²) in [6, 6.07) is 3.26. The smallest absolute Gasteiger partial charge is 0.475 e. The number of hydrogen-bond donors (Lipinski definition) is 2. The molecule has 0 fully saturated rings. The lowest BCUT2D eigenvalue weighted by molar-refractivity contribution is -0.192. The van der Waals surface area contributed by atoms with Crippen molar-refractivity contribution in [1.82, 2.24) is 0 Å². The maximum Gasteiger partial charge on any atom is 0.490 e. The summed E-state index contributed by atoms with van der Waals surface area (Å²) < 4.78 is 89.5. The Bertz CT molecular complexity index is 607. The molecule has 0 aliphatic heterocycles. The molecule has 0 saturated carbocycles. The third-order valence-electron chi connectivity index (χ3n) is 1.73. The Morgan fingerprint density at radius 3 is 1.81 bits per heavy atom. The van der Waals surface area contributed by atoms with Gasteiger partial charge in [-0.05, 0) is 18.2 Å². The molecule has 0 heterocycles. The molecule has 3 N–H and O–H groups in total. The summed E-state index contributed by atoms with van der Waals surface area (Å²) in [7, 11) is -4.09. The van der Waals surface area contributed by atoms with Crippen molar-refractivity contribution < 1.29 is 44.7 Å². The van der Waals surface area contributed by atoms with Crippen LogP contribution in [0.15, 0.2) is 29.2 Å². The molecule has 5 nitrogen and oxygen atoms in total. The minimum Gasteiger partial charge on any atom is -0.475 e. The van der Waals surface area contributed by atoms with Gasteiger partial charge < -0.3 is 5.11 Å². The first kappa shape index (κ1) is 19.2. The molecule has 12 heteroatoms. The number of carboxylic acid groups (broad SMARTS) is 1. The van der Waals surface area contributed by atoms with Gasteiger partial charge in [-0.3, -0.25) is 0 Å². The Morgan fingerprint density at radius 1 is 1.10 bits per heavy atom. The van der Waals surface area contributed by atoms with E-state index in [1.807, 2.05) is 0 Å². The fourth-order valence-corrected chi connectivity index (χ4v) is 1.41. The molecule has 1 aromatic rings. The molecule has 120 valence electrons. The van der Waals surface area contributed by atoms with Crippen molar-refractivity contribution in [2.45, 2.75) is 17.2 Å². The van der Waals surface area contributed by atoms with Gasteiger partial charge in [0.15, 0.2) is 0 Å². The highest BCUT2D eigenvalue weighted by Gasteiger charge is 2.38. The van der Waals surface area contributed by atoms with E-state index in [-0.39, 0.29) is 0 Å². The quantitative estimate of drug-likeness (QED) is 0.765. The molecule has 0 atom stereocenters. The summed E-state index contributed by atoms with van der Waals surface area (Å²) in [4.78, 5) is 8.35. The molecule has 0 bridgehead atoms. The van der Waals surface area contributed by atoms with Gasteiger partial charge in [-0.2, -0.15) is 26.3 Å². The zero-order valence-corrected chi connectivity index (χ0v) is 10.6. The fraction of sp³-hybridized carbons (Fsp3) is 0.222. The van der Waals surface area contributed by atoms with Crippen molar-refractivity contribution in [3.63, 3.8) is 0 Å². The van der Waals surface area contributed by atoms with Crippen LogP contribution >= 0.6 is 0 Å². The standard InChI is InChI=1S/C7H6F3NO2S.C2HF3O2/c8-7(9,10)5-2-1-3-6(4-5)14(11,12)13;3-2(4,5)1(6)7/h1-4H,(H2,11,12,13);(H,6,7). The van der Waals surface area contributed by atoms with Gasteiger partial charge in [-0.25, -0.2) is 18.4 Å². The van der Waals surface area contributed by atoms with Crippen LogP contribution in [0, 0.1) is 0 Å². The van der Waals surface area contributed by atoms with E-state index in [1.54, 1.807) is 0 Å². The van der Waals surface area contributed by atoms with Crippen molar-refractivity contribution in [3.05, 3.63) is 29.8 Å². The summed E-state index contributed by atoms with van der Waals surface area (Å²) in [5, 5.41) is 11.8. The van der Waals surface area contributed by atoms with Crippen molar-refractivity contribution in [3.8, 4) is 0 Å². The second-order valence-corrected chi connectivity index (χ2v) is 4.93. The van der Waals surface area contributed by atoms with Crippen molar-refractivity contribution in [2.24, 2.45) is 5.14 Å². The normalized spacial score (nSPS) is 12.3. The van der Waals surface area contributed by atoms with E-state index < -0.39 is 38.8 Å². The van der Waals surface area contributed by atoms with Crippen LogP contribution in [0.3, 0.4) is 0 Å². The summed E-state index contributed by atoms with van der Waals surface area (Å²) in [6.07, 6.45) is -9.65. The lowest BCUT2D eigenvalue weighted by atomic mass is 10.2. The van der Waals surface area contributed by atoms with E-state index in [2.05, 4.69) is 5.14 Å². The van der Waals surface area contributed by atoms with E-state index in [4.69, 9.17) is 9.90 Å². The number of sulfonamides is 1. The first-order valence-corrected chi connectivity index (χ1v) is 6.20. The number of alkyl halides is 6. The number of hydrogen-bond acceptors (Lipinski definition) is 3. The first-order chi connectivity index (χ1) is 9.15. The highest BCUT2D eigenvalue weighted by atomic mass is 32.2. The molecule has 0 amide bonds. The number of aliphatic carboxylic acids is 1. The van der Waals surface area contributed by atoms with Crippen LogP contribution in [0.25, 0.3) is 0 Å². The van der Waals surface area contributed by atoms with Crippen LogP contribution < -0.4 is 5.14 Å². The summed E-state index contributed by atoms with van der Waals surface area (Å²) in [5.74, 6) is -2.76. The van der Waals surface area contributed by atoms with Crippen molar-refractivity contribution >= 4 is 16.0 Å². The molecular weight excluding hydrogens is 332 g/mol. The first-order valence-electron chi connectivity index (χ1n) is 4.66. The molecule has 0 aromatic heterocycles. The number of carboxylic acids is 1. The highest BCUT2D eigenvalue weighted by molar-refractivity contribution is 7.89. The molecule has 0 aliphatic carbocycles. The summed E-state index contributed by atoms with van der Waals surface area (Å²) in [5.41, 5.74) is -1.04. The topological polar surface area (TPSA) is 97.5 Å². The number of benzene rings is 1. The Hall–Kier alpha value is -1.82. The van der Waals surface area contributed by atoms with E-state index >= 15 is 0 Å². The fourth-order valence-electron chi connectivity index (χ4n) is 0.849. The molecule has 1 rings (SSSR count). The van der Waals surface area contributed by atoms with Gasteiger partial charge in [0.25, 0.3) is 0 Å². The van der Waals surface area contributed by atoms with Gasteiger partial charge in [0.1, 0.15) is 0 Å². The molecule has 21 heavy (non-hydrogen) atoms. The Balaban J connectivity index is 0.000000486. The molecular formula is C9H7F6NO4S.